The van der Waals surface area contributed by atoms with Crippen LogP contribution in [0.3, 0.4) is 0 Å². The number of carbonyl (C=O) groups is 3. The van der Waals surface area contributed by atoms with Gasteiger partial charge in [0.1, 0.15) is 0 Å². The summed E-state index contributed by atoms with van der Waals surface area (Å²) in [5.41, 5.74) is 7.55. The Hall–Kier alpha value is -3.85. The van der Waals surface area contributed by atoms with Gasteiger partial charge in [-0.3, -0.25) is 14.4 Å². The molecule has 8 heteroatoms. The second kappa shape index (κ2) is 20.1. The van der Waals surface area contributed by atoms with Gasteiger partial charge in [0.2, 0.25) is 0 Å². The molecule has 1 heterocycles. The van der Waals surface area contributed by atoms with Crippen LogP contribution in [0.5, 0.6) is 0 Å². The molecule has 1 fully saturated rings. The lowest BCUT2D eigenvalue weighted by molar-refractivity contribution is -0.152. The Morgan fingerprint density at radius 2 is 1.35 bits per heavy atom. The Morgan fingerprint density at radius 3 is 1.85 bits per heavy atom. The van der Waals surface area contributed by atoms with Crippen LogP contribution in [0.4, 0.5) is 0 Å². The number of hydrogen-bond acceptors (Lipinski definition) is 6. The van der Waals surface area contributed by atoms with E-state index in [0.29, 0.717) is 18.7 Å². The van der Waals surface area contributed by atoms with E-state index in [1.54, 1.807) is 24.3 Å². The lowest BCUT2D eigenvalue weighted by Crippen LogP contribution is -2.50. The van der Waals surface area contributed by atoms with Gasteiger partial charge in [-0.05, 0) is 36.6 Å². The van der Waals surface area contributed by atoms with Gasteiger partial charge in [0.15, 0.2) is 18.5 Å². The number of likely N-dealkylation sites (tertiary alicyclic amines) is 1. The molecule has 1 aliphatic heterocycles. The summed E-state index contributed by atoms with van der Waals surface area (Å²) in [6.45, 7) is 5.45. The van der Waals surface area contributed by atoms with Crippen molar-refractivity contribution in [2.75, 3.05) is 20.1 Å². The molecule has 1 aliphatic rings. The molecule has 2 unspecified atom stereocenters. The standard InChI is InChI=1S/C22H24N2O5.C6H6.C3H8.CH5N/c25-14-17-5-1-2-6-18(17)16-9-7-15(8-10-16)13-23-21(28)19(26)20(27)22(29)24-11-3-4-12-24;1-2-4-6-5-3-1;1-3-2;1-2/h1-2,5-10,14,19-20,26-27H,3-4,11-13H2,(H,23,28);1-6H;3H2,1-2H3;2H2,1H3. The average molecular weight is 550 g/mol. The second-order valence-electron chi connectivity index (χ2n) is 8.90. The van der Waals surface area contributed by atoms with Crippen molar-refractivity contribution < 1.29 is 24.6 Å². The highest BCUT2D eigenvalue weighted by molar-refractivity contribution is 5.91. The van der Waals surface area contributed by atoms with Crippen LogP contribution >= 0.6 is 0 Å². The zero-order chi connectivity index (χ0) is 29.8. The molecule has 8 nitrogen and oxygen atoms in total. The van der Waals surface area contributed by atoms with Crippen LogP contribution in [-0.4, -0.2) is 65.6 Å². The second-order valence-corrected chi connectivity index (χ2v) is 8.90. The summed E-state index contributed by atoms with van der Waals surface area (Å²) in [4.78, 5) is 36.9. The maximum atomic E-state index is 12.1. The fraction of sp³-hybridized carbons (Fsp3) is 0.344. The van der Waals surface area contributed by atoms with Crippen molar-refractivity contribution >= 4 is 18.1 Å². The third-order valence-corrected chi connectivity index (χ3v) is 5.72. The molecular weight excluding hydrogens is 506 g/mol. The molecule has 0 spiro atoms. The summed E-state index contributed by atoms with van der Waals surface area (Å²) in [7, 11) is 1.50. The number of aliphatic hydroxyl groups is 2. The molecule has 2 atom stereocenters. The minimum Gasteiger partial charge on any atom is -0.380 e. The Kier molecular flexibility index (Phi) is 17.2. The molecule has 0 saturated carbocycles. The fourth-order valence-corrected chi connectivity index (χ4v) is 3.75. The summed E-state index contributed by atoms with van der Waals surface area (Å²) in [5, 5.41) is 22.5. The van der Waals surface area contributed by atoms with Gasteiger partial charge in [0, 0.05) is 25.2 Å². The number of benzene rings is 3. The number of rotatable bonds is 7. The van der Waals surface area contributed by atoms with Crippen LogP contribution in [0, 0.1) is 0 Å². The first-order valence-corrected chi connectivity index (χ1v) is 13.6. The summed E-state index contributed by atoms with van der Waals surface area (Å²) < 4.78 is 0. The first kappa shape index (κ1) is 34.2. The highest BCUT2D eigenvalue weighted by Gasteiger charge is 2.34. The van der Waals surface area contributed by atoms with Crippen molar-refractivity contribution in [2.24, 2.45) is 5.73 Å². The first-order valence-electron chi connectivity index (χ1n) is 13.6. The Bertz CT molecular complexity index is 1090. The highest BCUT2D eigenvalue weighted by Crippen LogP contribution is 2.23. The number of aliphatic hydroxyl groups excluding tert-OH is 2. The van der Waals surface area contributed by atoms with Crippen LogP contribution in [0.25, 0.3) is 11.1 Å². The van der Waals surface area contributed by atoms with E-state index in [-0.39, 0.29) is 6.54 Å². The smallest absolute Gasteiger partial charge is 0.254 e. The lowest BCUT2D eigenvalue weighted by Gasteiger charge is -2.22. The van der Waals surface area contributed by atoms with E-state index in [0.717, 1.165) is 35.8 Å². The van der Waals surface area contributed by atoms with Crippen molar-refractivity contribution in [3.8, 4) is 11.1 Å². The summed E-state index contributed by atoms with van der Waals surface area (Å²) in [6.07, 6.45) is 0.180. The predicted molar refractivity (Wildman–Crippen MR) is 159 cm³/mol. The molecule has 40 heavy (non-hydrogen) atoms. The van der Waals surface area contributed by atoms with Gasteiger partial charge in [-0.25, -0.2) is 0 Å². The Balaban J connectivity index is 0.000000615. The number of amides is 2. The normalized spacial score (nSPS) is 13.1. The van der Waals surface area contributed by atoms with E-state index < -0.39 is 24.0 Å². The van der Waals surface area contributed by atoms with Gasteiger partial charge in [0.25, 0.3) is 11.8 Å². The summed E-state index contributed by atoms with van der Waals surface area (Å²) in [5.74, 6) is -1.43. The third-order valence-electron chi connectivity index (χ3n) is 5.72. The Labute approximate surface area is 237 Å². The maximum absolute atomic E-state index is 12.1. The fourth-order valence-electron chi connectivity index (χ4n) is 3.75. The highest BCUT2D eigenvalue weighted by atomic mass is 16.3. The molecule has 2 amide bonds. The number of carbonyl (C=O) groups excluding carboxylic acids is 3. The van der Waals surface area contributed by atoms with Crippen LogP contribution < -0.4 is 11.1 Å². The quantitative estimate of drug-likeness (QED) is 0.331. The molecular formula is C32H43N3O5. The average Bonchev–Trinajstić information content (AvgIpc) is 3.57. The van der Waals surface area contributed by atoms with Gasteiger partial charge in [0.05, 0.1) is 0 Å². The number of aldehydes is 1. The van der Waals surface area contributed by atoms with Crippen LogP contribution in [-0.2, 0) is 16.1 Å². The first-order chi connectivity index (χ1) is 19.4. The minimum atomic E-state index is -1.82. The largest absolute Gasteiger partial charge is 0.380 e. The van der Waals surface area contributed by atoms with Crippen molar-refractivity contribution in [1.29, 1.82) is 0 Å². The summed E-state index contributed by atoms with van der Waals surface area (Å²) >= 11 is 0. The van der Waals surface area contributed by atoms with E-state index in [4.69, 9.17) is 0 Å². The molecule has 0 bridgehead atoms. The minimum absolute atomic E-state index is 0.135. The van der Waals surface area contributed by atoms with Crippen molar-refractivity contribution in [3.05, 3.63) is 96.1 Å². The zero-order valence-corrected chi connectivity index (χ0v) is 23.7. The Morgan fingerprint density at radius 1 is 0.850 bits per heavy atom. The van der Waals surface area contributed by atoms with Crippen molar-refractivity contribution in [3.63, 3.8) is 0 Å². The molecule has 5 N–H and O–H groups in total. The molecule has 3 aromatic carbocycles. The van der Waals surface area contributed by atoms with Gasteiger partial charge < -0.3 is 26.2 Å². The van der Waals surface area contributed by atoms with Gasteiger partial charge in [-0.2, -0.15) is 0 Å². The van der Waals surface area contributed by atoms with E-state index in [2.05, 4.69) is 24.9 Å². The van der Waals surface area contributed by atoms with Gasteiger partial charge in [-0.1, -0.05) is 105 Å². The van der Waals surface area contributed by atoms with Crippen LogP contribution in [0.15, 0.2) is 84.9 Å². The van der Waals surface area contributed by atoms with Crippen LogP contribution in [0.1, 0.15) is 49.0 Å². The predicted octanol–water partition coefficient (Wildman–Crippen LogP) is 3.80. The van der Waals surface area contributed by atoms with E-state index in [1.165, 1.54) is 18.4 Å². The van der Waals surface area contributed by atoms with Gasteiger partial charge in [-0.15, -0.1) is 0 Å². The van der Waals surface area contributed by atoms with E-state index >= 15 is 0 Å². The monoisotopic (exact) mass is 549 g/mol. The number of nitrogens with one attached hydrogen (secondary N) is 1. The van der Waals surface area contributed by atoms with Gasteiger partial charge >= 0.3 is 0 Å². The maximum Gasteiger partial charge on any atom is 0.254 e. The zero-order valence-electron chi connectivity index (χ0n) is 23.7. The van der Waals surface area contributed by atoms with E-state index in [9.17, 15) is 24.6 Å². The topological polar surface area (TPSA) is 133 Å². The number of nitrogens with zero attached hydrogens (tertiary/aromatic N) is 1. The third kappa shape index (κ3) is 11.5. The molecule has 216 valence electrons. The molecule has 3 aromatic rings. The number of nitrogens with two attached hydrogens (primary N) is 1. The number of hydrogen-bond donors (Lipinski definition) is 4. The SMILES string of the molecule is CCC.CN.O=Cc1ccccc1-c1ccc(CNC(=O)C(O)C(O)C(=O)N2CCCC2)cc1.c1ccccc1. The molecule has 1 saturated heterocycles. The molecule has 4 rings (SSSR count). The van der Waals surface area contributed by atoms with Crippen LogP contribution in [0.2, 0.25) is 0 Å². The van der Waals surface area contributed by atoms with Crippen molar-refractivity contribution in [1.82, 2.24) is 10.2 Å². The molecule has 0 aliphatic carbocycles. The van der Waals surface area contributed by atoms with E-state index in [1.807, 2.05) is 60.7 Å². The molecule has 0 aromatic heterocycles. The molecule has 0 radical (unpaired) electrons. The lowest BCUT2D eigenvalue weighted by atomic mass is 9.99. The van der Waals surface area contributed by atoms with Crippen molar-refractivity contribution in [2.45, 2.75) is 51.9 Å². The summed E-state index contributed by atoms with van der Waals surface area (Å²) in [6, 6.07) is 26.5.